The maximum Gasteiger partial charge on any atom is 0.203 e. The van der Waals surface area contributed by atoms with Gasteiger partial charge in [0.2, 0.25) is 5.75 Å². The third-order valence-corrected chi connectivity index (χ3v) is 3.06. The molecule has 0 saturated carbocycles. The normalized spacial score (nSPS) is 12.0. The average molecular weight is 278 g/mol. The summed E-state index contributed by atoms with van der Waals surface area (Å²) in [4.78, 5) is 0. The highest BCUT2D eigenvalue weighted by Gasteiger charge is 2.20. The van der Waals surface area contributed by atoms with E-state index < -0.39 is 0 Å². The Morgan fingerprint density at radius 1 is 1.05 bits per heavy atom. The summed E-state index contributed by atoms with van der Waals surface area (Å²) in [5.74, 6) is 7.34. The van der Waals surface area contributed by atoms with Gasteiger partial charge < -0.3 is 18.6 Å². The summed E-state index contributed by atoms with van der Waals surface area (Å²) < 4.78 is 21.1. The van der Waals surface area contributed by atoms with Crippen LogP contribution in [-0.4, -0.2) is 21.3 Å². The van der Waals surface area contributed by atoms with E-state index in [1.54, 1.807) is 33.9 Å². The van der Waals surface area contributed by atoms with E-state index in [0.717, 1.165) is 11.1 Å². The van der Waals surface area contributed by atoms with Crippen molar-refractivity contribution in [1.29, 1.82) is 0 Å². The lowest BCUT2D eigenvalue weighted by atomic mass is 10.0. The minimum atomic E-state index is -0.234. The Kier molecular flexibility index (Phi) is 4.49. The summed E-state index contributed by atoms with van der Waals surface area (Å²) in [5.41, 5.74) is 4.53. The van der Waals surface area contributed by atoms with Gasteiger partial charge in [-0.15, -0.1) is 0 Å². The Morgan fingerprint density at radius 3 is 2.10 bits per heavy atom. The first-order chi connectivity index (χ1) is 9.74. The zero-order valence-electron chi connectivity index (χ0n) is 11.7. The predicted octanol–water partition coefficient (Wildman–Crippen LogP) is 1.86. The molecule has 6 nitrogen and oxygen atoms in total. The number of hydrogen-bond acceptors (Lipinski definition) is 6. The van der Waals surface area contributed by atoms with Crippen LogP contribution in [0.3, 0.4) is 0 Å². The van der Waals surface area contributed by atoms with Gasteiger partial charge in [-0.2, -0.15) is 0 Å². The summed E-state index contributed by atoms with van der Waals surface area (Å²) in [6.45, 7) is 0. The van der Waals surface area contributed by atoms with E-state index in [1.807, 2.05) is 18.2 Å². The number of methoxy groups -OCH3 is 3. The van der Waals surface area contributed by atoms with Crippen molar-refractivity contribution in [3.8, 4) is 17.2 Å². The van der Waals surface area contributed by atoms with Gasteiger partial charge in [-0.1, -0.05) is 0 Å². The lowest BCUT2D eigenvalue weighted by Gasteiger charge is -2.19. The van der Waals surface area contributed by atoms with E-state index in [-0.39, 0.29) is 6.04 Å². The van der Waals surface area contributed by atoms with Gasteiger partial charge in [0.1, 0.15) is 0 Å². The maximum absolute atomic E-state index is 5.65. The first kappa shape index (κ1) is 14.2. The molecule has 1 aromatic heterocycles. The van der Waals surface area contributed by atoms with Crippen LogP contribution < -0.4 is 25.5 Å². The quantitative estimate of drug-likeness (QED) is 0.620. The lowest BCUT2D eigenvalue weighted by Crippen LogP contribution is -2.28. The molecule has 0 aliphatic heterocycles. The van der Waals surface area contributed by atoms with Crippen molar-refractivity contribution in [1.82, 2.24) is 5.43 Å². The molecule has 0 spiro atoms. The second-order valence-electron chi connectivity index (χ2n) is 4.12. The van der Waals surface area contributed by atoms with Crippen LogP contribution in [0.4, 0.5) is 0 Å². The fourth-order valence-electron chi connectivity index (χ4n) is 2.09. The van der Waals surface area contributed by atoms with E-state index in [2.05, 4.69) is 5.43 Å². The van der Waals surface area contributed by atoms with Crippen molar-refractivity contribution < 1.29 is 18.6 Å². The van der Waals surface area contributed by atoms with Crippen molar-refractivity contribution >= 4 is 0 Å². The summed E-state index contributed by atoms with van der Waals surface area (Å²) in [5, 5.41) is 0. The van der Waals surface area contributed by atoms with Crippen LogP contribution in [-0.2, 0) is 0 Å². The molecule has 1 unspecified atom stereocenters. The van der Waals surface area contributed by atoms with Crippen LogP contribution in [0.5, 0.6) is 17.2 Å². The Morgan fingerprint density at radius 2 is 1.70 bits per heavy atom. The minimum absolute atomic E-state index is 0.234. The number of nitrogens with two attached hydrogens (primary N) is 1. The molecule has 0 saturated heterocycles. The number of benzene rings is 1. The molecule has 1 aromatic carbocycles. The third-order valence-electron chi connectivity index (χ3n) is 3.06. The van der Waals surface area contributed by atoms with Gasteiger partial charge in [0.15, 0.2) is 11.5 Å². The summed E-state index contributed by atoms with van der Waals surface area (Å²) in [6, 6.07) is 5.30. The predicted molar refractivity (Wildman–Crippen MR) is 74.0 cm³/mol. The minimum Gasteiger partial charge on any atom is -0.493 e. The second-order valence-corrected chi connectivity index (χ2v) is 4.12. The fourth-order valence-corrected chi connectivity index (χ4v) is 2.09. The molecule has 20 heavy (non-hydrogen) atoms. The van der Waals surface area contributed by atoms with Gasteiger partial charge in [-0.05, 0) is 23.8 Å². The smallest absolute Gasteiger partial charge is 0.203 e. The van der Waals surface area contributed by atoms with Gasteiger partial charge in [0, 0.05) is 5.56 Å². The average Bonchev–Trinajstić information content (AvgIpc) is 3.00. The molecule has 0 aliphatic carbocycles. The summed E-state index contributed by atoms with van der Waals surface area (Å²) in [6.07, 6.45) is 3.23. The molecule has 0 radical (unpaired) electrons. The first-order valence-electron chi connectivity index (χ1n) is 6.03. The largest absolute Gasteiger partial charge is 0.493 e. The summed E-state index contributed by atoms with van der Waals surface area (Å²) in [7, 11) is 4.71. The molecule has 0 aliphatic rings. The Labute approximate surface area is 117 Å². The first-order valence-corrected chi connectivity index (χ1v) is 6.03. The topological polar surface area (TPSA) is 78.9 Å². The molecule has 0 bridgehead atoms. The molecule has 1 heterocycles. The van der Waals surface area contributed by atoms with Gasteiger partial charge in [-0.3, -0.25) is 5.84 Å². The van der Waals surface area contributed by atoms with Crippen molar-refractivity contribution in [2.45, 2.75) is 6.04 Å². The van der Waals surface area contributed by atoms with Gasteiger partial charge in [0.05, 0.1) is 39.9 Å². The van der Waals surface area contributed by atoms with Crippen LogP contribution in [0.25, 0.3) is 0 Å². The SMILES string of the molecule is COc1cc(C(NN)c2ccoc2)cc(OC)c1OC. The number of ether oxygens (including phenoxy) is 3. The number of rotatable bonds is 6. The van der Waals surface area contributed by atoms with E-state index in [4.69, 9.17) is 24.5 Å². The van der Waals surface area contributed by atoms with E-state index in [9.17, 15) is 0 Å². The summed E-state index contributed by atoms with van der Waals surface area (Å²) >= 11 is 0. The molecule has 3 N–H and O–H groups in total. The molecular formula is C14H18N2O4. The van der Waals surface area contributed by atoms with Gasteiger partial charge in [-0.25, -0.2) is 5.43 Å². The number of hydrogen-bond donors (Lipinski definition) is 2. The third kappa shape index (κ3) is 2.56. The van der Waals surface area contributed by atoms with Crippen LogP contribution in [0.1, 0.15) is 17.2 Å². The van der Waals surface area contributed by atoms with Crippen LogP contribution in [0, 0.1) is 0 Å². The Balaban J connectivity index is 2.50. The zero-order chi connectivity index (χ0) is 14.5. The highest BCUT2D eigenvalue weighted by atomic mass is 16.5. The second kappa shape index (κ2) is 6.31. The van der Waals surface area contributed by atoms with Crippen LogP contribution >= 0.6 is 0 Å². The number of hydrazine groups is 1. The highest BCUT2D eigenvalue weighted by Crippen LogP contribution is 2.40. The van der Waals surface area contributed by atoms with Crippen LogP contribution in [0.15, 0.2) is 35.1 Å². The Bertz CT molecular complexity index is 529. The van der Waals surface area contributed by atoms with E-state index in [0.29, 0.717) is 17.2 Å². The molecular weight excluding hydrogens is 260 g/mol. The van der Waals surface area contributed by atoms with Gasteiger partial charge >= 0.3 is 0 Å². The standard InChI is InChI=1S/C14H18N2O4/c1-17-11-6-10(7-12(18-2)14(11)19-3)13(16-15)9-4-5-20-8-9/h4-8,13,16H,15H2,1-3H3. The Hall–Kier alpha value is -2.18. The fraction of sp³-hybridized carbons (Fsp3) is 0.286. The van der Waals surface area contributed by atoms with Crippen molar-refractivity contribution in [3.05, 3.63) is 41.9 Å². The maximum atomic E-state index is 5.65. The van der Waals surface area contributed by atoms with Crippen molar-refractivity contribution in [2.24, 2.45) is 5.84 Å². The molecule has 1 atom stereocenters. The van der Waals surface area contributed by atoms with Crippen molar-refractivity contribution in [3.63, 3.8) is 0 Å². The van der Waals surface area contributed by atoms with Crippen molar-refractivity contribution in [2.75, 3.05) is 21.3 Å². The molecule has 2 rings (SSSR count). The molecule has 6 heteroatoms. The lowest BCUT2D eigenvalue weighted by molar-refractivity contribution is 0.323. The van der Waals surface area contributed by atoms with Crippen LogP contribution in [0.2, 0.25) is 0 Å². The zero-order valence-corrected chi connectivity index (χ0v) is 11.7. The molecule has 2 aromatic rings. The number of furan rings is 1. The molecule has 108 valence electrons. The van der Waals surface area contributed by atoms with E-state index in [1.165, 1.54) is 0 Å². The number of nitrogens with one attached hydrogen (secondary N) is 1. The van der Waals surface area contributed by atoms with Gasteiger partial charge in [0.25, 0.3) is 0 Å². The molecule has 0 amide bonds. The highest BCUT2D eigenvalue weighted by molar-refractivity contribution is 5.55. The van der Waals surface area contributed by atoms with E-state index >= 15 is 0 Å². The monoisotopic (exact) mass is 278 g/mol. The molecule has 0 fully saturated rings.